The van der Waals surface area contributed by atoms with Gasteiger partial charge in [-0.25, -0.2) is 9.59 Å². The normalized spacial score (nSPS) is 10.6. The molecular weight excluding hydrogens is 408 g/mol. The van der Waals surface area contributed by atoms with Gasteiger partial charge in [0, 0.05) is 16.1 Å². The Morgan fingerprint density at radius 2 is 1.67 bits per heavy atom. The third kappa shape index (κ3) is 4.79. The molecule has 0 unspecified atom stereocenters. The van der Waals surface area contributed by atoms with E-state index in [4.69, 9.17) is 9.47 Å². The molecule has 0 fully saturated rings. The smallest absolute Gasteiger partial charge is 0.355 e. The summed E-state index contributed by atoms with van der Waals surface area (Å²) in [6.45, 7) is 9.93. The van der Waals surface area contributed by atoms with Crippen LogP contribution < -0.4 is 5.32 Å². The fraction of sp³-hybridized carbons (Fsp3) is 0.429. The molecule has 30 heavy (non-hydrogen) atoms. The second-order valence-electron chi connectivity index (χ2n) is 6.72. The zero-order chi connectivity index (χ0) is 22.6. The van der Waals surface area contributed by atoms with Crippen molar-refractivity contribution in [3.8, 4) is 0 Å². The number of rotatable bonds is 8. The van der Waals surface area contributed by atoms with Crippen LogP contribution in [-0.4, -0.2) is 41.8 Å². The number of nitrogens with one attached hydrogen (secondary N) is 2. The zero-order valence-corrected chi connectivity index (χ0v) is 18.8. The van der Waals surface area contributed by atoms with Crippen LogP contribution >= 0.6 is 11.3 Å². The quantitative estimate of drug-likeness (QED) is 0.483. The summed E-state index contributed by atoms with van der Waals surface area (Å²) in [5.41, 5.74) is 2.78. The highest BCUT2D eigenvalue weighted by Crippen LogP contribution is 2.34. The lowest BCUT2D eigenvalue weighted by Crippen LogP contribution is -2.22. The molecule has 0 spiro atoms. The molecule has 0 radical (unpaired) electrons. The van der Waals surface area contributed by atoms with Crippen molar-refractivity contribution in [2.75, 3.05) is 18.5 Å². The molecule has 0 saturated carbocycles. The third-order valence-electron chi connectivity index (χ3n) is 4.62. The minimum atomic E-state index is -0.736. The van der Waals surface area contributed by atoms with Crippen LogP contribution in [0.2, 0.25) is 0 Å². The Kier molecular flexibility index (Phi) is 7.55. The van der Waals surface area contributed by atoms with Crippen LogP contribution in [0.5, 0.6) is 0 Å². The number of ketones is 1. The molecule has 2 N–H and O–H groups in total. The molecule has 0 aliphatic rings. The summed E-state index contributed by atoms with van der Waals surface area (Å²) >= 11 is 1.27. The third-order valence-corrected chi connectivity index (χ3v) is 5.69. The van der Waals surface area contributed by atoms with Crippen LogP contribution in [-0.2, 0) is 20.7 Å². The molecule has 0 aliphatic carbocycles. The number of carbonyl (C=O) groups is 4. The average molecular weight is 435 g/mol. The maximum atomic E-state index is 12.4. The van der Waals surface area contributed by atoms with Crippen molar-refractivity contribution in [1.29, 1.82) is 0 Å². The van der Waals surface area contributed by atoms with Gasteiger partial charge >= 0.3 is 11.9 Å². The van der Waals surface area contributed by atoms with Gasteiger partial charge in [0.1, 0.15) is 10.7 Å². The fourth-order valence-electron chi connectivity index (χ4n) is 3.36. The minimum absolute atomic E-state index is 0.137. The second kappa shape index (κ2) is 9.71. The van der Waals surface area contributed by atoms with Gasteiger partial charge < -0.3 is 19.8 Å². The molecule has 0 bridgehead atoms. The Morgan fingerprint density at radius 1 is 1.00 bits per heavy atom. The van der Waals surface area contributed by atoms with Crippen LogP contribution in [0.4, 0.5) is 5.00 Å². The first-order valence-corrected chi connectivity index (χ1v) is 10.4. The van der Waals surface area contributed by atoms with E-state index in [1.807, 2.05) is 13.8 Å². The Hall–Kier alpha value is -2.94. The predicted molar refractivity (Wildman–Crippen MR) is 114 cm³/mol. The zero-order valence-electron chi connectivity index (χ0n) is 18.0. The number of aromatic amines is 1. The topological polar surface area (TPSA) is 115 Å². The van der Waals surface area contributed by atoms with Gasteiger partial charge in [0.15, 0.2) is 12.4 Å². The first-order valence-electron chi connectivity index (χ1n) is 9.58. The maximum Gasteiger partial charge on any atom is 0.355 e. The van der Waals surface area contributed by atoms with Crippen LogP contribution in [0, 0.1) is 20.8 Å². The molecule has 2 heterocycles. The van der Waals surface area contributed by atoms with E-state index in [9.17, 15) is 19.2 Å². The Bertz CT molecular complexity index is 1000. The van der Waals surface area contributed by atoms with Gasteiger partial charge in [-0.3, -0.25) is 9.59 Å². The van der Waals surface area contributed by atoms with Gasteiger partial charge in [-0.05, 0) is 52.2 Å². The first kappa shape index (κ1) is 23.3. The molecular formula is C21H26N2O6S. The van der Waals surface area contributed by atoms with E-state index in [0.29, 0.717) is 33.8 Å². The molecule has 9 heteroatoms. The molecule has 2 rings (SSSR count). The fourth-order valence-corrected chi connectivity index (χ4v) is 4.51. The van der Waals surface area contributed by atoms with E-state index in [2.05, 4.69) is 10.3 Å². The van der Waals surface area contributed by atoms with Crippen LogP contribution in [0.15, 0.2) is 0 Å². The number of aryl methyl sites for hydroxylation is 2. The Labute approximate surface area is 179 Å². The van der Waals surface area contributed by atoms with Gasteiger partial charge in [0.25, 0.3) is 5.91 Å². The van der Waals surface area contributed by atoms with Crippen molar-refractivity contribution < 1.29 is 28.7 Å². The second-order valence-corrected chi connectivity index (χ2v) is 7.95. The van der Waals surface area contributed by atoms with Gasteiger partial charge in [-0.15, -0.1) is 11.3 Å². The number of esters is 2. The number of hydrogen-bond donors (Lipinski definition) is 2. The number of hydrogen-bond acceptors (Lipinski definition) is 7. The van der Waals surface area contributed by atoms with Gasteiger partial charge in [0.05, 0.1) is 12.2 Å². The van der Waals surface area contributed by atoms with E-state index in [1.54, 1.807) is 20.8 Å². The molecule has 0 atom stereocenters. The summed E-state index contributed by atoms with van der Waals surface area (Å²) < 4.78 is 10.2. The lowest BCUT2D eigenvalue weighted by Gasteiger charge is -2.08. The van der Waals surface area contributed by atoms with Crippen molar-refractivity contribution in [1.82, 2.24) is 4.98 Å². The number of thiophene rings is 1. The molecule has 0 aromatic carbocycles. The van der Waals surface area contributed by atoms with Crippen LogP contribution in [0.1, 0.15) is 73.7 Å². The molecule has 0 saturated heterocycles. The van der Waals surface area contributed by atoms with E-state index in [-0.39, 0.29) is 18.1 Å². The maximum absolute atomic E-state index is 12.4. The van der Waals surface area contributed by atoms with Crippen molar-refractivity contribution in [2.45, 2.75) is 48.0 Å². The van der Waals surface area contributed by atoms with Gasteiger partial charge in [0.2, 0.25) is 0 Å². The molecule has 0 aliphatic heterocycles. The lowest BCUT2D eigenvalue weighted by molar-refractivity contribution is -0.119. The monoisotopic (exact) mass is 434 g/mol. The molecule has 2 aromatic heterocycles. The van der Waals surface area contributed by atoms with Crippen molar-refractivity contribution in [3.05, 3.63) is 38.5 Å². The number of aromatic nitrogens is 1. The number of amides is 1. The molecule has 162 valence electrons. The largest absolute Gasteiger partial charge is 0.462 e. The summed E-state index contributed by atoms with van der Waals surface area (Å²) in [6.07, 6.45) is 0.616. The highest BCUT2D eigenvalue weighted by molar-refractivity contribution is 7.16. The first-order chi connectivity index (χ1) is 14.1. The predicted octanol–water partition coefficient (Wildman–Crippen LogP) is 3.74. The lowest BCUT2D eigenvalue weighted by atomic mass is 10.1. The van der Waals surface area contributed by atoms with Gasteiger partial charge in [-0.2, -0.15) is 0 Å². The molecule has 1 amide bonds. The number of carbonyl (C=O) groups excluding carboxylic acids is 4. The number of anilines is 1. The standard InChI is InChI=1S/C21H26N2O6S/c1-7-14-13(6)30-19(17(14)20(26)28-8-2)23-15(25)9-29-21(27)18-10(3)16(12(5)24)11(4)22-18/h22H,7-9H2,1-6H3,(H,23,25). The number of ether oxygens (including phenoxy) is 2. The minimum Gasteiger partial charge on any atom is -0.462 e. The average Bonchev–Trinajstić information content (AvgIpc) is 3.14. The van der Waals surface area contributed by atoms with Crippen LogP contribution in [0.25, 0.3) is 0 Å². The summed E-state index contributed by atoms with van der Waals surface area (Å²) in [7, 11) is 0. The van der Waals surface area contributed by atoms with Crippen molar-refractivity contribution in [2.24, 2.45) is 0 Å². The molecule has 2 aromatic rings. The van der Waals surface area contributed by atoms with Crippen LogP contribution in [0.3, 0.4) is 0 Å². The summed E-state index contributed by atoms with van der Waals surface area (Å²) in [4.78, 5) is 52.5. The van der Waals surface area contributed by atoms with Crippen molar-refractivity contribution >= 4 is 40.0 Å². The summed E-state index contributed by atoms with van der Waals surface area (Å²) in [5.74, 6) is -1.98. The van der Waals surface area contributed by atoms with E-state index < -0.39 is 24.5 Å². The number of H-pyrrole nitrogens is 1. The Balaban J connectivity index is 2.12. The highest BCUT2D eigenvalue weighted by Gasteiger charge is 2.25. The number of Topliss-reactive ketones (excluding diaryl/α,β-unsaturated/α-hetero) is 1. The molecule has 8 nitrogen and oxygen atoms in total. The Morgan fingerprint density at radius 3 is 2.20 bits per heavy atom. The van der Waals surface area contributed by atoms with Gasteiger partial charge in [-0.1, -0.05) is 6.92 Å². The SMILES string of the molecule is CCOC(=O)c1c(NC(=O)COC(=O)c2[nH]c(C)c(C(C)=O)c2C)sc(C)c1CC. The highest BCUT2D eigenvalue weighted by atomic mass is 32.1. The van der Waals surface area contributed by atoms with E-state index in [1.165, 1.54) is 18.3 Å². The van der Waals surface area contributed by atoms with E-state index in [0.717, 1.165) is 10.4 Å². The summed E-state index contributed by atoms with van der Waals surface area (Å²) in [5, 5.41) is 3.01. The van der Waals surface area contributed by atoms with Crippen molar-refractivity contribution in [3.63, 3.8) is 0 Å². The summed E-state index contributed by atoms with van der Waals surface area (Å²) in [6, 6.07) is 0. The van der Waals surface area contributed by atoms with E-state index >= 15 is 0 Å².